The molecule has 2 heterocycles. The fourth-order valence-corrected chi connectivity index (χ4v) is 8.82. The Morgan fingerprint density at radius 2 is 0.977 bits per heavy atom. The van der Waals surface area contributed by atoms with Crippen LogP contribution in [0.2, 0.25) is 0 Å². The average Bonchev–Trinajstić information content (AvgIpc) is 3.51. The van der Waals surface area contributed by atoms with Gasteiger partial charge in [0.25, 0.3) is 5.56 Å². The van der Waals surface area contributed by atoms with Crippen LogP contribution in [0.4, 0.5) is 0 Å². The minimum absolute atomic E-state index is 0.0461. The molecule has 2 heteroatoms. The number of nitrogens with zero attached hydrogens (tertiary/aromatic N) is 1. The molecule has 0 radical (unpaired) electrons. The van der Waals surface area contributed by atoms with E-state index in [1.54, 1.807) is 0 Å². The van der Waals surface area contributed by atoms with Gasteiger partial charge in [-0.05, 0) is 73.2 Å². The van der Waals surface area contributed by atoms with Gasteiger partial charge < -0.3 is 0 Å². The Kier molecular flexibility index (Phi) is 4.12. The summed E-state index contributed by atoms with van der Waals surface area (Å²) < 4.78 is 2.01. The summed E-state index contributed by atoms with van der Waals surface area (Å²) >= 11 is 0. The molecule has 0 unspecified atom stereocenters. The molecule has 1 aromatic heterocycles. The summed E-state index contributed by atoms with van der Waals surface area (Å²) in [7, 11) is 0. The van der Waals surface area contributed by atoms with E-state index in [1.807, 2.05) is 22.8 Å². The maximum atomic E-state index is 14.4. The van der Waals surface area contributed by atoms with Gasteiger partial charge >= 0.3 is 0 Å². The molecule has 1 spiro atoms. The van der Waals surface area contributed by atoms with Crippen LogP contribution in [0.5, 0.6) is 0 Å². The summed E-state index contributed by atoms with van der Waals surface area (Å²) in [6.07, 6.45) is 0. The van der Waals surface area contributed by atoms with E-state index in [2.05, 4.69) is 123 Å². The SMILES string of the molecule is CC1(C)c2cc3c(cc2-n2c(=O)c4ccccc4c4cccc1c42)-c1ccccc1C31c2ccccc2-c2ccccc21. The fraction of sp³-hybridized carbons (Fsp3) is 0.0976. The molecule has 43 heavy (non-hydrogen) atoms. The largest absolute Gasteiger partial charge is 0.276 e. The number of fused-ring (bicyclic) bond motifs is 14. The molecule has 2 nitrogen and oxygen atoms in total. The van der Waals surface area contributed by atoms with Crippen LogP contribution in [-0.4, -0.2) is 4.57 Å². The van der Waals surface area contributed by atoms with Crippen molar-refractivity contribution in [1.29, 1.82) is 0 Å². The molecule has 10 rings (SSSR count). The standard InChI is InChI=1S/C41H27NO/c1-40(2)34-21-11-17-28-24-12-3-4-16-29(24)39(43)42(38(28)34)37-22-30-27-15-7-10-20-33(27)41(35(30)23-36(37)40)31-18-8-5-13-25(31)26-14-6-9-19-32(26)41/h3-23H,1-2H3. The van der Waals surface area contributed by atoms with Crippen molar-refractivity contribution in [3.8, 4) is 27.9 Å². The van der Waals surface area contributed by atoms with Gasteiger partial charge in [-0.2, -0.15) is 0 Å². The smallest absolute Gasteiger partial charge is 0.263 e. The lowest BCUT2D eigenvalue weighted by molar-refractivity contribution is 0.623. The molecule has 7 aromatic rings. The molecule has 0 fully saturated rings. The molecular weight excluding hydrogens is 522 g/mol. The van der Waals surface area contributed by atoms with Crippen LogP contribution < -0.4 is 5.56 Å². The first kappa shape index (κ1) is 23.4. The van der Waals surface area contributed by atoms with Crippen molar-refractivity contribution in [2.75, 3.05) is 0 Å². The second-order valence-electron chi connectivity index (χ2n) is 12.8. The van der Waals surface area contributed by atoms with Gasteiger partial charge in [-0.15, -0.1) is 0 Å². The van der Waals surface area contributed by atoms with Crippen LogP contribution in [0.1, 0.15) is 47.2 Å². The first-order chi connectivity index (χ1) is 21.0. The number of aromatic nitrogens is 1. The summed E-state index contributed by atoms with van der Waals surface area (Å²) in [5, 5.41) is 2.90. The molecule has 6 aromatic carbocycles. The molecule has 0 amide bonds. The second-order valence-corrected chi connectivity index (χ2v) is 12.8. The van der Waals surface area contributed by atoms with E-state index in [0.29, 0.717) is 0 Å². The Hall–Kier alpha value is -5.21. The van der Waals surface area contributed by atoms with Gasteiger partial charge in [-0.1, -0.05) is 129 Å². The zero-order valence-electron chi connectivity index (χ0n) is 24.0. The number of benzene rings is 6. The van der Waals surface area contributed by atoms with E-state index in [4.69, 9.17) is 0 Å². The Morgan fingerprint density at radius 3 is 1.63 bits per heavy atom. The predicted molar refractivity (Wildman–Crippen MR) is 175 cm³/mol. The normalized spacial score (nSPS) is 15.7. The monoisotopic (exact) mass is 549 g/mol. The molecule has 2 aliphatic carbocycles. The van der Waals surface area contributed by atoms with Crippen LogP contribution in [0.25, 0.3) is 49.6 Å². The minimum atomic E-state index is -0.412. The molecule has 0 saturated carbocycles. The zero-order chi connectivity index (χ0) is 28.7. The third kappa shape index (κ3) is 2.53. The first-order valence-corrected chi connectivity index (χ1v) is 15.1. The van der Waals surface area contributed by atoms with E-state index < -0.39 is 5.41 Å². The van der Waals surface area contributed by atoms with Gasteiger partial charge in [0.05, 0.1) is 16.6 Å². The molecule has 202 valence electrons. The van der Waals surface area contributed by atoms with E-state index in [0.717, 1.165) is 27.4 Å². The van der Waals surface area contributed by atoms with Crippen molar-refractivity contribution in [2.45, 2.75) is 24.7 Å². The maximum absolute atomic E-state index is 14.4. The summed E-state index contributed by atoms with van der Waals surface area (Å²) in [5.41, 5.74) is 14.1. The first-order valence-electron chi connectivity index (χ1n) is 15.1. The maximum Gasteiger partial charge on any atom is 0.263 e. The van der Waals surface area contributed by atoms with Crippen molar-refractivity contribution in [3.05, 3.63) is 171 Å². The van der Waals surface area contributed by atoms with Crippen molar-refractivity contribution < 1.29 is 0 Å². The van der Waals surface area contributed by atoms with Crippen molar-refractivity contribution in [1.82, 2.24) is 4.57 Å². The van der Waals surface area contributed by atoms with Crippen molar-refractivity contribution in [3.63, 3.8) is 0 Å². The molecule has 0 atom stereocenters. The molecule has 1 aliphatic heterocycles. The molecule has 0 bridgehead atoms. The van der Waals surface area contributed by atoms with E-state index >= 15 is 0 Å². The van der Waals surface area contributed by atoms with Crippen LogP contribution in [0, 0.1) is 0 Å². The molecule has 3 aliphatic rings. The summed E-state index contributed by atoms with van der Waals surface area (Å²) in [6, 6.07) is 46.1. The third-order valence-electron chi connectivity index (χ3n) is 10.6. The lowest BCUT2D eigenvalue weighted by Crippen LogP contribution is -2.33. The molecular formula is C41H27NO. The quantitative estimate of drug-likeness (QED) is 0.173. The van der Waals surface area contributed by atoms with Crippen LogP contribution in [-0.2, 0) is 10.8 Å². The number of para-hydroxylation sites is 1. The Labute approximate surface area is 249 Å². The second kappa shape index (κ2) is 7.59. The summed E-state index contributed by atoms with van der Waals surface area (Å²) in [5.74, 6) is 0. The Morgan fingerprint density at radius 1 is 0.465 bits per heavy atom. The fourth-order valence-electron chi connectivity index (χ4n) is 8.82. The van der Waals surface area contributed by atoms with Crippen molar-refractivity contribution in [2.24, 2.45) is 0 Å². The van der Waals surface area contributed by atoms with Gasteiger partial charge in [0.15, 0.2) is 0 Å². The third-order valence-corrected chi connectivity index (χ3v) is 10.6. The van der Waals surface area contributed by atoms with Crippen LogP contribution in [0.3, 0.4) is 0 Å². The van der Waals surface area contributed by atoms with Crippen molar-refractivity contribution >= 4 is 21.7 Å². The van der Waals surface area contributed by atoms with Gasteiger partial charge in [0.1, 0.15) is 0 Å². The molecule has 0 saturated heterocycles. The highest BCUT2D eigenvalue weighted by Crippen LogP contribution is 2.63. The Balaban J connectivity index is 1.41. The highest BCUT2D eigenvalue weighted by Gasteiger charge is 2.52. The zero-order valence-corrected chi connectivity index (χ0v) is 24.0. The topological polar surface area (TPSA) is 22.0 Å². The number of hydrogen-bond donors (Lipinski definition) is 0. The highest BCUT2D eigenvalue weighted by molar-refractivity contribution is 6.08. The van der Waals surface area contributed by atoms with Gasteiger partial charge in [0, 0.05) is 16.2 Å². The van der Waals surface area contributed by atoms with Gasteiger partial charge in [0.2, 0.25) is 0 Å². The molecule has 0 N–H and O–H groups in total. The number of hydrogen-bond acceptors (Lipinski definition) is 1. The van der Waals surface area contributed by atoms with Crippen LogP contribution in [0.15, 0.2) is 132 Å². The number of pyridine rings is 1. The summed E-state index contributed by atoms with van der Waals surface area (Å²) in [4.78, 5) is 14.4. The van der Waals surface area contributed by atoms with E-state index in [9.17, 15) is 4.79 Å². The summed E-state index contributed by atoms with van der Waals surface area (Å²) in [6.45, 7) is 4.64. The van der Waals surface area contributed by atoms with E-state index in [1.165, 1.54) is 55.6 Å². The van der Waals surface area contributed by atoms with Gasteiger partial charge in [-0.25, -0.2) is 0 Å². The number of rotatable bonds is 0. The average molecular weight is 550 g/mol. The lowest BCUT2D eigenvalue weighted by Gasteiger charge is -2.38. The van der Waals surface area contributed by atoms with Crippen LogP contribution >= 0.6 is 0 Å². The predicted octanol–water partition coefficient (Wildman–Crippen LogP) is 9.13. The lowest BCUT2D eigenvalue weighted by atomic mass is 9.68. The minimum Gasteiger partial charge on any atom is -0.276 e. The highest BCUT2D eigenvalue weighted by atomic mass is 16.1. The van der Waals surface area contributed by atoms with E-state index in [-0.39, 0.29) is 11.0 Å². The van der Waals surface area contributed by atoms with Gasteiger partial charge in [-0.3, -0.25) is 9.36 Å². The Bertz CT molecular complexity index is 2410.